The Bertz CT molecular complexity index is 535. The minimum absolute atomic E-state index is 0.0198. The molecule has 0 saturated carbocycles. The number of ether oxygens (including phenoxy) is 2. The van der Waals surface area contributed by atoms with Crippen LogP contribution in [0.5, 0.6) is 0 Å². The van der Waals surface area contributed by atoms with Gasteiger partial charge in [0, 0.05) is 32.1 Å². The van der Waals surface area contributed by atoms with Crippen molar-refractivity contribution < 1.29 is 9.47 Å². The molecule has 1 aliphatic heterocycles. The predicted octanol–water partition coefficient (Wildman–Crippen LogP) is 1.96. The molecule has 2 atom stereocenters. The van der Waals surface area contributed by atoms with Crippen LogP contribution in [0.3, 0.4) is 0 Å². The number of hydrogen-bond acceptors (Lipinski definition) is 6. The van der Waals surface area contributed by atoms with E-state index < -0.39 is 0 Å². The van der Waals surface area contributed by atoms with Gasteiger partial charge in [-0.25, -0.2) is 4.79 Å². The van der Waals surface area contributed by atoms with Crippen molar-refractivity contribution in [2.75, 3.05) is 37.5 Å². The van der Waals surface area contributed by atoms with E-state index in [9.17, 15) is 4.79 Å². The Morgan fingerprint density at radius 1 is 1.59 bits per heavy atom. The molecule has 7 heteroatoms. The highest BCUT2D eigenvalue weighted by atomic mass is 32.2. The Labute approximate surface area is 135 Å². The molecule has 6 nitrogen and oxygen atoms in total. The molecule has 0 radical (unpaired) electrons. The summed E-state index contributed by atoms with van der Waals surface area (Å²) in [5.74, 6) is 1.93. The van der Waals surface area contributed by atoms with E-state index in [1.54, 1.807) is 22.5 Å². The highest BCUT2D eigenvalue weighted by Crippen LogP contribution is 2.31. The van der Waals surface area contributed by atoms with E-state index in [2.05, 4.69) is 18.8 Å². The average Bonchev–Trinajstić information content (AvgIpc) is 2.94. The van der Waals surface area contributed by atoms with Gasteiger partial charge in [0.1, 0.15) is 17.5 Å². The lowest BCUT2D eigenvalue weighted by Crippen LogP contribution is -2.30. The van der Waals surface area contributed by atoms with Crippen molar-refractivity contribution in [2.45, 2.75) is 32.4 Å². The van der Waals surface area contributed by atoms with E-state index in [-0.39, 0.29) is 17.4 Å². The third kappa shape index (κ3) is 4.47. The molecule has 0 aromatic carbocycles. The van der Waals surface area contributed by atoms with Crippen LogP contribution in [0.15, 0.2) is 17.1 Å². The van der Waals surface area contributed by atoms with Gasteiger partial charge >= 0.3 is 5.69 Å². The van der Waals surface area contributed by atoms with Gasteiger partial charge in [0.25, 0.3) is 0 Å². The van der Waals surface area contributed by atoms with Crippen LogP contribution < -0.4 is 10.6 Å². The van der Waals surface area contributed by atoms with Crippen LogP contribution in [0.1, 0.15) is 27.0 Å². The van der Waals surface area contributed by atoms with Gasteiger partial charge in [-0.05, 0) is 18.9 Å². The Hall–Kier alpha value is -1.05. The molecule has 2 rings (SSSR count). The number of aromatic nitrogens is 2. The number of hydrogen-bond donors (Lipinski definition) is 0. The third-order valence-electron chi connectivity index (χ3n) is 3.43. The number of rotatable bonds is 7. The average molecular weight is 327 g/mol. The zero-order valence-corrected chi connectivity index (χ0v) is 14.5. The maximum absolute atomic E-state index is 12.2. The van der Waals surface area contributed by atoms with Gasteiger partial charge in [-0.15, -0.1) is 11.8 Å². The van der Waals surface area contributed by atoms with Crippen molar-refractivity contribution in [3.8, 4) is 0 Å². The van der Waals surface area contributed by atoms with Crippen LogP contribution in [0.2, 0.25) is 0 Å². The van der Waals surface area contributed by atoms with E-state index in [1.807, 2.05) is 24.9 Å². The number of thioether (sulfide) groups is 1. The maximum Gasteiger partial charge on any atom is 0.351 e. The maximum atomic E-state index is 12.2. The highest BCUT2D eigenvalue weighted by molar-refractivity contribution is 8.00. The second-order valence-electron chi connectivity index (χ2n) is 5.77. The van der Waals surface area contributed by atoms with Gasteiger partial charge in [-0.3, -0.25) is 4.57 Å². The molecule has 1 saturated heterocycles. The zero-order valence-electron chi connectivity index (χ0n) is 13.7. The lowest BCUT2D eigenvalue weighted by atomic mass is 10.2. The smallest absolute Gasteiger partial charge is 0.351 e. The van der Waals surface area contributed by atoms with Crippen molar-refractivity contribution in [2.24, 2.45) is 5.92 Å². The fourth-order valence-corrected chi connectivity index (χ4v) is 3.09. The van der Waals surface area contributed by atoms with Gasteiger partial charge in [0.05, 0.1) is 6.61 Å². The Kier molecular flexibility index (Phi) is 6.28. The molecular formula is C15H25N3O3S. The standard InChI is InChI=1S/C15H25N3O3S/c1-5-17(4)12-6-7-18(15(19)16-12)13-10-22-14(21-13)9-20-8-11(2)3/h6-7,11,13-14H,5,8-10H2,1-4H3/t13-,14?/m0/s1. The summed E-state index contributed by atoms with van der Waals surface area (Å²) in [6, 6.07) is 1.85. The summed E-state index contributed by atoms with van der Waals surface area (Å²) in [7, 11) is 1.91. The van der Waals surface area contributed by atoms with Gasteiger partial charge in [-0.2, -0.15) is 4.98 Å². The first-order valence-electron chi connectivity index (χ1n) is 7.66. The molecule has 1 unspecified atom stereocenters. The van der Waals surface area contributed by atoms with Crippen molar-refractivity contribution in [3.05, 3.63) is 22.7 Å². The number of nitrogens with zero attached hydrogens (tertiary/aromatic N) is 3. The van der Waals surface area contributed by atoms with Crippen LogP contribution in [0.4, 0.5) is 5.82 Å². The molecule has 2 heterocycles. The first kappa shape index (κ1) is 17.3. The van der Waals surface area contributed by atoms with Gasteiger partial charge < -0.3 is 14.4 Å². The quantitative estimate of drug-likeness (QED) is 0.763. The first-order chi connectivity index (χ1) is 10.5. The van der Waals surface area contributed by atoms with Crippen molar-refractivity contribution in [1.29, 1.82) is 0 Å². The molecule has 0 bridgehead atoms. The monoisotopic (exact) mass is 327 g/mol. The summed E-state index contributed by atoms with van der Waals surface area (Å²) in [6.07, 6.45) is 1.50. The van der Waals surface area contributed by atoms with Crippen molar-refractivity contribution in [1.82, 2.24) is 9.55 Å². The SMILES string of the molecule is CCN(C)c1ccn([C@@H]2CSC(COCC(C)C)O2)c(=O)n1. The molecule has 1 fully saturated rings. The molecular weight excluding hydrogens is 302 g/mol. The molecule has 1 aliphatic rings. The fourth-order valence-electron chi connectivity index (χ4n) is 2.07. The summed E-state index contributed by atoms with van der Waals surface area (Å²) in [4.78, 5) is 18.2. The van der Waals surface area contributed by atoms with Gasteiger partial charge in [0.2, 0.25) is 0 Å². The Morgan fingerprint density at radius 2 is 2.36 bits per heavy atom. The van der Waals surface area contributed by atoms with E-state index in [0.29, 0.717) is 18.3 Å². The summed E-state index contributed by atoms with van der Waals surface area (Å²) < 4.78 is 13.0. The Balaban J connectivity index is 1.94. The van der Waals surface area contributed by atoms with E-state index in [1.165, 1.54) is 0 Å². The largest absolute Gasteiger partial charge is 0.378 e. The fraction of sp³-hybridized carbons (Fsp3) is 0.733. The van der Waals surface area contributed by atoms with Gasteiger partial charge in [-0.1, -0.05) is 13.8 Å². The van der Waals surface area contributed by atoms with E-state index >= 15 is 0 Å². The van der Waals surface area contributed by atoms with Crippen LogP contribution in [0.25, 0.3) is 0 Å². The van der Waals surface area contributed by atoms with E-state index in [4.69, 9.17) is 9.47 Å². The normalized spacial score (nSPS) is 21.5. The van der Waals surface area contributed by atoms with Crippen molar-refractivity contribution >= 4 is 17.6 Å². The van der Waals surface area contributed by atoms with Crippen LogP contribution in [-0.2, 0) is 9.47 Å². The van der Waals surface area contributed by atoms with Gasteiger partial charge in [0.15, 0.2) is 0 Å². The van der Waals surface area contributed by atoms with E-state index in [0.717, 1.165) is 18.9 Å². The van der Waals surface area contributed by atoms with Crippen LogP contribution in [-0.4, -0.2) is 47.5 Å². The molecule has 1 aromatic heterocycles. The summed E-state index contributed by atoms with van der Waals surface area (Å²) in [5.41, 5.74) is -0.291. The summed E-state index contributed by atoms with van der Waals surface area (Å²) in [6.45, 7) is 8.34. The lowest BCUT2D eigenvalue weighted by Gasteiger charge is -2.18. The second kappa shape index (κ2) is 7.99. The molecule has 0 amide bonds. The zero-order chi connectivity index (χ0) is 16.1. The summed E-state index contributed by atoms with van der Waals surface area (Å²) >= 11 is 1.68. The molecule has 0 aliphatic carbocycles. The highest BCUT2D eigenvalue weighted by Gasteiger charge is 2.28. The second-order valence-corrected chi connectivity index (χ2v) is 6.97. The van der Waals surface area contributed by atoms with Crippen LogP contribution >= 0.6 is 11.8 Å². The Morgan fingerprint density at radius 3 is 3.00 bits per heavy atom. The predicted molar refractivity (Wildman–Crippen MR) is 89.5 cm³/mol. The molecule has 0 spiro atoms. The summed E-state index contributed by atoms with van der Waals surface area (Å²) in [5, 5.41) is 0. The molecule has 0 N–H and O–H groups in total. The lowest BCUT2D eigenvalue weighted by molar-refractivity contribution is -0.0286. The molecule has 124 valence electrons. The molecule has 1 aromatic rings. The topological polar surface area (TPSA) is 56.6 Å². The number of anilines is 1. The molecule has 22 heavy (non-hydrogen) atoms. The first-order valence-corrected chi connectivity index (χ1v) is 8.71. The minimum Gasteiger partial charge on any atom is -0.378 e. The minimum atomic E-state index is -0.271. The third-order valence-corrected chi connectivity index (χ3v) is 4.53. The van der Waals surface area contributed by atoms with Crippen LogP contribution in [0, 0.1) is 5.92 Å². The van der Waals surface area contributed by atoms with Crippen molar-refractivity contribution in [3.63, 3.8) is 0 Å².